The highest BCUT2D eigenvalue weighted by molar-refractivity contribution is 5.72. The molecule has 1 saturated heterocycles. The molecule has 0 amide bonds. The lowest BCUT2D eigenvalue weighted by Gasteiger charge is -2.39. The summed E-state index contributed by atoms with van der Waals surface area (Å²) in [6.45, 7) is 4.68. The van der Waals surface area contributed by atoms with Gasteiger partial charge in [0.05, 0.1) is 6.67 Å². The van der Waals surface area contributed by atoms with Crippen molar-refractivity contribution in [2.75, 3.05) is 19.8 Å². The Kier molecular flexibility index (Phi) is 3.48. The highest BCUT2D eigenvalue weighted by atomic mass is 19.1. The molecule has 0 saturated carbocycles. The zero-order chi connectivity index (χ0) is 10.8. The minimum absolute atomic E-state index is 0.227. The summed E-state index contributed by atoms with van der Waals surface area (Å²) in [6.07, 6.45) is 1.50. The van der Waals surface area contributed by atoms with E-state index in [1.807, 2.05) is 11.8 Å². The lowest BCUT2D eigenvalue weighted by molar-refractivity contribution is -0.143. The molecule has 1 aliphatic heterocycles. The zero-order valence-electron chi connectivity index (χ0n) is 8.79. The predicted octanol–water partition coefficient (Wildman–Crippen LogP) is 1.53. The van der Waals surface area contributed by atoms with Gasteiger partial charge in [-0.25, -0.2) is 0 Å². The number of piperidine rings is 1. The minimum Gasteiger partial charge on any atom is -0.480 e. The van der Waals surface area contributed by atoms with Gasteiger partial charge in [-0.3, -0.25) is 14.1 Å². The number of nitrogens with zero attached hydrogens (tertiary/aromatic N) is 1. The van der Waals surface area contributed by atoms with Crippen LogP contribution < -0.4 is 0 Å². The Hall–Kier alpha value is -0.640. The van der Waals surface area contributed by atoms with Gasteiger partial charge >= 0.3 is 5.97 Å². The van der Waals surface area contributed by atoms with Crippen molar-refractivity contribution in [3.63, 3.8) is 0 Å². The van der Waals surface area contributed by atoms with E-state index >= 15 is 0 Å². The van der Waals surface area contributed by atoms with Gasteiger partial charge < -0.3 is 5.11 Å². The topological polar surface area (TPSA) is 40.5 Å². The normalized spacial score (nSPS) is 24.5. The summed E-state index contributed by atoms with van der Waals surface area (Å²) in [5, 5.41) is 8.81. The van der Waals surface area contributed by atoms with E-state index in [0.29, 0.717) is 13.1 Å². The first-order valence-corrected chi connectivity index (χ1v) is 5.01. The van der Waals surface area contributed by atoms with Crippen molar-refractivity contribution in [1.82, 2.24) is 4.90 Å². The molecule has 0 unspecified atom stereocenters. The van der Waals surface area contributed by atoms with E-state index in [1.165, 1.54) is 0 Å². The van der Waals surface area contributed by atoms with E-state index in [-0.39, 0.29) is 12.1 Å². The van der Waals surface area contributed by atoms with Crippen molar-refractivity contribution in [3.05, 3.63) is 0 Å². The number of hydrogen-bond donors (Lipinski definition) is 1. The maximum absolute atomic E-state index is 12.6. The number of carbonyl (C=O) groups is 1. The fourth-order valence-electron chi connectivity index (χ4n) is 1.74. The van der Waals surface area contributed by atoms with Crippen LogP contribution in [0.25, 0.3) is 0 Å². The fourth-order valence-corrected chi connectivity index (χ4v) is 1.74. The Morgan fingerprint density at radius 1 is 1.57 bits per heavy atom. The molecule has 0 aliphatic carbocycles. The third-order valence-electron chi connectivity index (χ3n) is 3.23. The van der Waals surface area contributed by atoms with E-state index in [0.717, 1.165) is 12.8 Å². The van der Waals surface area contributed by atoms with Crippen LogP contribution in [0.1, 0.15) is 26.7 Å². The van der Waals surface area contributed by atoms with Gasteiger partial charge in [-0.1, -0.05) is 6.92 Å². The number of alkyl halides is 1. The molecular weight excluding hydrogens is 185 g/mol. The number of likely N-dealkylation sites (tertiary alicyclic amines) is 1. The van der Waals surface area contributed by atoms with Gasteiger partial charge in [0.25, 0.3) is 0 Å². The second-order valence-corrected chi connectivity index (χ2v) is 4.49. The van der Waals surface area contributed by atoms with Crippen LogP contribution in [0.3, 0.4) is 0 Å². The van der Waals surface area contributed by atoms with Crippen LogP contribution in [0.5, 0.6) is 0 Å². The first kappa shape index (κ1) is 11.4. The van der Waals surface area contributed by atoms with Crippen molar-refractivity contribution < 1.29 is 14.3 Å². The van der Waals surface area contributed by atoms with E-state index in [2.05, 4.69) is 0 Å². The van der Waals surface area contributed by atoms with Crippen molar-refractivity contribution in [1.29, 1.82) is 0 Å². The highest BCUT2D eigenvalue weighted by Gasteiger charge is 2.33. The monoisotopic (exact) mass is 203 g/mol. The van der Waals surface area contributed by atoms with Crippen molar-refractivity contribution in [2.24, 2.45) is 5.41 Å². The van der Waals surface area contributed by atoms with E-state index in [4.69, 9.17) is 5.11 Å². The minimum atomic E-state index is -0.797. The molecule has 1 N–H and O–H groups in total. The molecule has 1 rings (SSSR count). The molecule has 1 heterocycles. The van der Waals surface area contributed by atoms with Crippen LogP contribution in [0, 0.1) is 5.41 Å². The number of carboxylic acids is 1. The Bertz CT molecular complexity index is 212. The number of hydrogen-bond acceptors (Lipinski definition) is 2. The van der Waals surface area contributed by atoms with Crippen molar-refractivity contribution in [2.45, 2.75) is 32.7 Å². The molecule has 0 spiro atoms. The third kappa shape index (κ3) is 2.44. The quantitative estimate of drug-likeness (QED) is 0.756. The maximum atomic E-state index is 12.6. The first-order valence-electron chi connectivity index (χ1n) is 5.01. The summed E-state index contributed by atoms with van der Waals surface area (Å²) in [4.78, 5) is 12.6. The molecule has 14 heavy (non-hydrogen) atoms. The molecule has 0 aromatic heterocycles. The van der Waals surface area contributed by atoms with Gasteiger partial charge in [0.1, 0.15) is 6.04 Å². The number of rotatable bonds is 3. The van der Waals surface area contributed by atoms with E-state index in [1.54, 1.807) is 6.92 Å². The van der Waals surface area contributed by atoms with Crippen LogP contribution in [-0.2, 0) is 4.79 Å². The Labute approximate surface area is 83.9 Å². The first-order chi connectivity index (χ1) is 6.48. The third-order valence-corrected chi connectivity index (χ3v) is 3.23. The fraction of sp³-hybridized carbons (Fsp3) is 0.900. The lowest BCUT2D eigenvalue weighted by Crippen LogP contribution is -2.46. The summed E-state index contributed by atoms with van der Waals surface area (Å²) in [6, 6.07) is -0.445. The molecule has 1 fully saturated rings. The van der Waals surface area contributed by atoms with Crippen LogP contribution in [0.4, 0.5) is 4.39 Å². The van der Waals surface area contributed by atoms with Gasteiger partial charge in [-0.2, -0.15) is 0 Å². The second-order valence-electron chi connectivity index (χ2n) is 4.49. The molecule has 4 heteroatoms. The van der Waals surface area contributed by atoms with Crippen LogP contribution in [-0.4, -0.2) is 41.8 Å². The summed E-state index contributed by atoms with van der Waals surface area (Å²) < 4.78 is 12.6. The summed E-state index contributed by atoms with van der Waals surface area (Å²) in [5.41, 5.74) is -0.227. The molecule has 0 aromatic rings. The molecule has 82 valence electrons. The zero-order valence-corrected chi connectivity index (χ0v) is 8.79. The summed E-state index contributed by atoms with van der Waals surface area (Å²) >= 11 is 0. The van der Waals surface area contributed by atoms with Gasteiger partial charge in [0.15, 0.2) is 0 Å². The smallest absolute Gasteiger partial charge is 0.320 e. The van der Waals surface area contributed by atoms with E-state index in [9.17, 15) is 9.18 Å². The molecular formula is C10H18FNO2. The van der Waals surface area contributed by atoms with Crippen LogP contribution in [0.15, 0.2) is 0 Å². The molecule has 0 bridgehead atoms. The maximum Gasteiger partial charge on any atom is 0.320 e. The van der Waals surface area contributed by atoms with Crippen molar-refractivity contribution >= 4 is 5.97 Å². The van der Waals surface area contributed by atoms with Crippen LogP contribution in [0.2, 0.25) is 0 Å². The molecule has 3 nitrogen and oxygen atoms in total. The van der Waals surface area contributed by atoms with Crippen LogP contribution >= 0.6 is 0 Å². The Morgan fingerprint density at radius 3 is 2.43 bits per heavy atom. The Balaban J connectivity index is 2.47. The Morgan fingerprint density at radius 2 is 2.07 bits per heavy atom. The standard InChI is InChI=1S/C10H18FNO2/c1-8(9(13)14)12-5-3-10(2,7-11)4-6-12/h8H,3-7H2,1-2H3,(H,13,14)/t8-/m1/s1. The highest BCUT2D eigenvalue weighted by Crippen LogP contribution is 2.31. The van der Waals surface area contributed by atoms with Gasteiger partial charge in [0, 0.05) is 0 Å². The number of carboxylic acid groups (broad SMARTS) is 1. The van der Waals surface area contributed by atoms with E-state index < -0.39 is 12.0 Å². The summed E-state index contributed by atoms with van der Waals surface area (Å²) in [7, 11) is 0. The van der Waals surface area contributed by atoms with Gasteiger partial charge in [0.2, 0.25) is 0 Å². The molecule has 0 aromatic carbocycles. The predicted molar refractivity (Wildman–Crippen MR) is 52.0 cm³/mol. The van der Waals surface area contributed by atoms with Gasteiger partial charge in [-0.05, 0) is 38.3 Å². The number of halogens is 1. The molecule has 1 aliphatic rings. The van der Waals surface area contributed by atoms with Gasteiger partial charge in [-0.15, -0.1) is 0 Å². The molecule has 1 atom stereocenters. The second kappa shape index (κ2) is 4.26. The largest absolute Gasteiger partial charge is 0.480 e. The lowest BCUT2D eigenvalue weighted by atomic mass is 9.81. The number of aliphatic carboxylic acids is 1. The summed E-state index contributed by atoms with van der Waals surface area (Å²) in [5.74, 6) is -0.797. The molecule has 0 radical (unpaired) electrons. The average molecular weight is 203 g/mol. The average Bonchev–Trinajstić information content (AvgIpc) is 2.18. The van der Waals surface area contributed by atoms with Crippen molar-refractivity contribution in [3.8, 4) is 0 Å². The SMILES string of the molecule is C[C@H](C(=O)O)N1CCC(C)(CF)CC1.